The molecule has 0 atom stereocenters. The number of hydrogen-bond acceptors (Lipinski definition) is 2. The largest absolute Gasteiger partial charge is 0.390 e. The molecule has 0 aromatic carbocycles. The van der Waals surface area contributed by atoms with Gasteiger partial charge in [0.05, 0.1) is 17.3 Å². The molecule has 0 fully saturated rings. The minimum Gasteiger partial charge on any atom is -0.390 e. The summed E-state index contributed by atoms with van der Waals surface area (Å²) in [5.41, 5.74) is 0.251. The molecular weight excluding hydrogens is 192 g/mol. The molecule has 2 nitrogen and oxygen atoms in total. The van der Waals surface area contributed by atoms with Gasteiger partial charge in [0, 0.05) is 0 Å². The standard InChI is InChI=1S/C6H4Cl2FNO/c7-4-1-3(2-11)10-6(8)5(4)9/h1,11H,2H2. The molecule has 11 heavy (non-hydrogen) atoms. The molecule has 0 aliphatic heterocycles. The summed E-state index contributed by atoms with van der Waals surface area (Å²) in [6.45, 7) is -0.306. The average molecular weight is 196 g/mol. The predicted molar refractivity (Wildman–Crippen MR) is 40.1 cm³/mol. The van der Waals surface area contributed by atoms with E-state index in [-0.39, 0.29) is 22.5 Å². The summed E-state index contributed by atoms with van der Waals surface area (Å²) in [6.07, 6.45) is 0. The van der Waals surface area contributed by atoms with Crippen LogP contribution in [0, 0.1) is 5.82 Å². The summed E-state index contributed by atoms with van der Waals surface area (Å²) >= 11 is 10.7. The number of aliphatic hydroxyl groups is 1. The van der Waals surface area contributed by atoms with Crippen LogP contribution < -0.4 is 0 Å². The van der Waals surface area contributed by atoms with Crippen LogP contribution in [0.2, 0.25) is 10.2 Å². The highest BCUT2D eigenvalue weighted by Gasteiger charge is 2.07. The van der Waals surface area contributed by atoms with Crippen LogP contribution in [-0.4, -0.2) is 10.1 Å². The second kappa shape index (κ2) is 3.34. The van der Waals surface area contributed by atoms with Crippen molar-refractivity contribution in [3.63, 3.8) is 0 Å². The van der Waals surface area contributed by atoms with Crippen molar-refractivity contribution in [1.29, 1.82) is 0 Å². The zero-order valence-electron chi connectivity index (χ0n) is 5.31. The molecule has 5 heteroatoms. The molecule has 0 bridgehead atoms. The Kier molecular flexibility index (Phi) is 2.65. The lowest BCUT2D eigenvalue weighted by molar-refractivity contribution is 0.276. The van der Waals surface area contributed by atoms with Crippen molar-refractivity contribution in [2.75, 3.05) is 0 Å². The first kappa shape index (κ1) is 8.71. The van der Waals surface area contributed by atoms with Crippen LogP contribution in [-0.2, 0) is 6.61 Å². The Hall–Kier alpha value is -0.380. The van der Waals surface area contributed by atoms with Gasteiger partial charge in [0.15, 0.2) is 11.0 Å². The maximum absolute atomic E-state index is 12.6. The fourth-order valence-electron chi connectivity index (χ4n) is 0.597. The third-order valence-corrected chi connectivity index (χ3v) is 1.61. The van der Waals surface area contributed by atoms with Gasteiger partial charge in [-0.2, -0.15) is 0 Å². The van der Waals surface area contributed by atoms with Gasteiger partial charge in [0.2, 0.25) is 0 Å². The smallest absolute Gasteiger partial charge is 0.179 e. The van der Waals surface area contributed by atoms with E-state index in [4.69, 9.17) is 28.3 Å². The van der Waals surface area contributed by atoms with E-state index in [1.165, 1.54) is 6.07 Å². The zero-order valence-corrected chi connectivity index (χ0v) is 6.82. The maximum atomic E-state index is 12.6. The molecule has 0 amide bonds. The molecule has 0 saturated carbocycles. The van der Waals surface area contributed by atoms with Crippen molar-refractivity contribution in [1.82, 2.24) is 4.98 Å². The first-order chi connectivity index (χ1) is 5.15. The SMILES string of the molecule is OCc1cc(Cl)c(F)c(Cl)n1. The summed E-state index contributed by atoms with van der Waals surface area (Å²) in [6, 6.07) is 1.22. The van der Waals surface area contributed by atoms with Gasteiger partial charge in [0.25, 0.3) is 0 Å². The molecule has 1 aromatic rings. The third kappa shape index (κ3) is 1.80. The van der Waals surface area contributed by atoms with Crippen molar-refractivity contribution < 1.29 is 9.50 Å². The van der Waals surface area contributed by atoms with Crippen LogP contribution >= 0.6 is 23.2 Å². The number of pyridine rings is 1. The predicted octanol–water partition coefficient (Wildman–Crippen LogP) is 2.02. The van der Waals surface area contributed by atoms with E-state index >= 15 is 0 Å². The van der Waals surface area contributed by atoms with Gasteiger partial charge >= 0.3 is 0 Å². The van der Waals surface area contributed by atoms with Gasteiger partial charge in [-0.25, -0.2) is 9.37 Å². The fourth-order valence-corrected chi connectivity index (χ4v) is 1.07. The minimum atomic E-state index is -0.759. The Bertz CT molecular complexity index is 256. The number of nitrogens with zero attached hydrogens (tertiary/aromatic N) is 1. The Morgan fingerprint density at radius 1 is 1.55 bits per heavy atom. The van der Waals surface area contributed by atoms with Crippen molar-refractivity contribution in [2.24, 2.45) is 0 Å². The van der Waals surface area contributed by atoms with Crippen molar-refractivity contribution in [3.05, 3.63) is 27.8 Å². The molecule has 0 aliphatic rings. The number of rotatable bonds is 1. The van der Waals surface area contributed by atoms with Crippen LogP contribution in [0.1, 0.15) is 5.69 Å². The van der Waals surface area contributed by atoms with E-state index in [0.29, 0.717) is 0 Å². The van der Waals surface area contributed by atoms with Crippen molar-refractivity contribution in [3.8, 4) is 0 Å². The molecular formula is C6H4Cl2FNO. The van der Waals surface area contributed by atoms with Gasteiger partial charge in [-0.1, -0.05) is 23.2 Å². The zero-order chi connectivity index (χ0) is 8.43. The monoisotopic (exact) mass is 195 g/mol. The van der Waals surface area contributed by atoms with Crippen LogP contribution in [0.25, 0.3) is 0 Å². The number of halogens is 3. The van der Waals surface area contributed by atoms with E-state index < -0.39 is 5.82 Å². The molecule has 1 N–H and O–H groups in total. The van der Waals surface area contributed by atoms with Crippen molar-refractivity contribution >= 4 is 23.2 Å². The maximum Gasteiger partial charge on any atom is 0.179 e. The highest BCUT2D eigenvalue weighted by Crippen LogP contribution is 2.21. The topological polar surface area (TPSA) is 33.1 Å². The lowest BCUT2D eigenvalue weighted by Crippen LogP contribution is -1.92. The van der Waals surface area contributed by atoms with Crippen molar-refractivity contribution in [2.45, 2.75) is 6.61 Å². The number of hydrogen-bond donors (Lipinski definition) is 1. The fraction of sp³-hybridized carbons (Fsp3) is 0.167. The van der Waals surface area contributed by atoms with Crippen LogP contribution in [0.15, 0.2) is 6.07 Å². The quantitative estimate of drug-likeness (QED) is 0.697. The molecule has 0 saturated heterocycles. The molecule has 0 radical (unpaired) electrons. The Morgan fingerprint density at radius 2 is 2.18 bits per heavy atom. The van der Waals surface area contributed by atoms with Gasteiger partial charge in [-0.15, -0.1) is 0 Å². The molecule has 1 heterocycles. The molecule has 1 aromatic heterocycles. The molecule has 0 spiro atoms. The van der Waals surface area contributed by atoms with Gasteiger partial charge in [0.1, 0.15) is 0 Å². The number of aromatic nitrogens is 1. The van der Waals surface area contributed by atoms with Crippen LogP contribution in [0.5, 0.6) is 0 Å². The third-order valence-electron chi connectivity index (χ3n) is 1.09. The number of aliphatic hydroxyl groups excluding tert-OH is 1. The average Bonchev–Trinajstić information content (AvgIpc) is 1.99. The van der Waals surface area contributed by atoms with E-state index in [9.17, 15) is 4.39 Å². The Labute approximate surface area is 72.6 Å². The summed E-state index contributed by atoms with van der Waals surface area (Å²) in [5, 5.41) is 8.13. The van der Waals surface area contributed by atoms with E-state index in [0.717, 1.165) is 0 Å². The van der Waals surface area contributed by atoms with Gasteiger partial charge < -0.3 is 5.11 Å². The highest BCUT2D eigenvalue weighted by molar-refractivity contribution is 6.34. The first-order valence-corrected chi connectivity index (χ1v) is 3.52. The summed E-state index contributed by atoms with van der Waals surface area (Å²) < 4.78 is 12.6. The van der Waals surface area contributed by atoms with E-state index in [1.54, 1.807) is 0 Å². The lowest BCUT2D eigenvalue weighted by atomic mass is 10.3. The first-order valence-electron chi connectivity index (χ1n) is 2.76. The lowest BCUT2D eigenvalue weighted by Gasteiger charge is -1.99. The molecule has 1 rings (SSSR count). The van der Waals surface area contributed by atoms with Crippen LogP contribution in [0.4, 0.5) is 4.39 Å². The van der Waals surface area contributed by atoms with Gasteiger partial charge in [-0.05, 0) is 6.07 Å². The van der Waals surface area contributed by atoms with E-state index in [2.05, 4.69) is 4.98 Å². The molecule has 0 aliphatic carbocycles. The highest BCUT2D eigenvalue weighted by atomic mass is 35.5. The minimum absolute atomic E-state index is 0.131. The Balaban J connectivity index is 3.21. The second-order valence-electron chi connectivity index (χ2n) is 1.86. The summed E-state index contributed by atoms with van der Waals surface area (Å²) in [7, 11) is 0. The van der Waals surface area contributed by atoms with E-state index in [1.807, 2.05) is 0 Å². The second-order valence-corrected chi connectivity index (χ2v) is 2.62. The molecule has 60 valence electrons. The van der Waals surface area contributed by atoms with Gasteiger partial charge in [-0.3, -0.25) is 0 Å². The summed E-state index contributed by atoms with van der Waals surface area (Å²) in [5.74, 6) is -0.759. The van der Waals surface area contributed by atoms with Crippen LogP contribution in [0.3, 0.4) is 0 Å². The normalized spacial score (nSPS) is 10.2. The summed E-state index contributed by atoms with van der Waals surface area (Å²) in [4.78, 5) is 3.51. The molecule has 0 unspecified atom stereocenters. The Morgan fingerprint density at radius 3 is 2.64 bits per heavy atom.